The van der Waals surface area contributed by atoms with E-state index in [1.54, 1.807) is 7.11 Å². The standard InChI is InChI=1S/C17H22O4S/c1-10(5-4-8-22)6-7-12-15(18)14-13(9-21-17(14)19)11(2)16(12)20-3/h6,18,22H,4-5,7-9H2,1-3H3/b10-6+. The highest BCUT2D eigenvalue weighted by atomic mass is 32.1. The quantitative estimate of drug-likeness (QED) is 0.477. The Hall–Kier alpha value is -1.62. The number of thiol groups is 1. The van der Waals surface area contributed by atoms with Gasteiger partial charge >= 0.3 is 5.97 Å². The molecular weight excluding hydrogens is 300 g/mol. The van der Waals surface area contributed by atoms with Gasteiger partial charge in [-0.3, -0.25) is 0 Å². The van der Waals surface area contributed by atoms with Gasteiger partial charge in [-0.25, -0.2) is 4.79 Å². The van der Waals surface area contributed by atoms with Crippen molar-refractivity contribution in [2.75, 3.05) is 12.9 Å². The number of esters is 1. The van der Waals surface area contributed by atoms with Crippen molar-refractivity contribution in [1.29, 1.82) is 0 Å². The first-order valence-corrected chi connectivity index (χ1v) is 7.99. The molecule has 0 amide bonds. The van der Waals surface area contributed by atoms with E-state index < -0.39 is 5.97 Å². The van der Waals surface area contributed by atoms with Gasteiger partial charge in [0, 0.05) is 11.1 Å². The van der Waals surface area contributed by atoms with Crippen molar-refractivity contribution < 1.29 is 19.4 Å². The lowest BCUT2D eigenvalue weighted by Gasteiger charge is -2.15. The Bertz CT molecular complexity index is 620. The lowest BCUT2D eigenvalue weighted by Crippen LogP contribution is -2.03. The normalized spacial score (nSPS) is 14.0. The number of carbonyl (C=O) groups excluding carboxylic acids is 1. The van der Waals surface area contributed by atoms with E-state index in [1.165, 1.54) is 5.57 Å². The summed E-state index contributed by atoms with van der Waals surface area (Å²) in [7, 11) is 1.58. The average Bonchev–Trinajstić information content (AvgIpc) is 2.89. The first-order valence-electron chi connectivity index (χ1n) is 7.36. The zero-order valence-electron chi connectivity index (χ0n) is 13.2. The van der Waals surface area contributed by atoms with Crippen molar-refractivity contribution in [3.8, 4) is 11.5 Å². The van der Waals surface area contributed by atoms with Crippen LogP contribution >= 0.6 is 12.6 Å². The number of rotatable bonds is 6. The number of cyclic esters (lactones) is 1. The number of phenols is 1. The molecular formula is C17H22O4S. The van der Waals surface area contributed by atoms with Crippen molar-refractivity contribution in [3.05, 3.63) is 33.9 Å². The third-order valence-electron chi connectivity index (χ3n) is 4.03. The number of methoxy groups -OCH3 is 1. The summed E-state index contributed by atoms with van der Waals surface area (Å²) in [5.74, 6) is 1.00. The van der Waals surface area contributed by atoms with Gasteiger partial charge in [-0.2, -0.15) is 12.6 Å². The van der Waals surface area contributed by atoms with Crippen molar-refractivity contribution in [2.45, 2.75) is 39.7 Å². The molecule has 0 bridgehead atoms. The van der Waals surface area contributed by atoms with E-state index in [0.717, 1.165) is 29.7 Å². The molecule has 0 aromatic heterocycles. The maximum absolute atomic E-state index is 11.8. The van der Waals surface area contributed by atoms with E-state index in [1.807, 2.05) is 6.92 Å². The second-order valence-corrected chi connectivity index (χ2v) is 5.94. The largest absolute Gasteiger partial charge is 0.507 e. The number of phenolic OH excluding ortho intramolecular Hbond substituents is 1. The fourth-order valence-electron chi connectivity index (χ4n) is 2.76. The van der Waals surface area contributed by atoms with Crippen LogP contribution in [0, 0.1) is 6.92 Å². The molecule has 1 N–H and O–H groups in total. The van der Waals surface area contributed by atoms with Gasteiger partial charge in [-0.05, 0) is 44.4 Å². The topological polar surface area (TPSA) is 55.8 Å². The molecule has 0 aliphatic carbocycles. The Morgan fingerprint density at radius 2 is 2.23 bits per heavy atom. The summed E-state index contributed by atoms with van der Waals surface area (Å²) in [6.07, 6.45) is 4.57. The van der Waals surface area contributed by atoms with E-state index in [-0.39, 0.29) is 17.9 Å². The fourth-order valence-corrected chi connectivity index (χ4v) is 2.92. The highest BCUT2D eigenvalue weighted by Crippen LogP contribution is 2.41. The molecule has 0 saturated heterocycles. The highest BCUT2D eigenvalue weighted by molar-refractivity contribution is 7.80. The minimum Gasteiger partial charge on any atom is -0.507 e. The summed E-state index contributed by atoms with van der Waals surface area (Å²) >= 11 is 4.21. The van der Waals surface area contributed by atoms with E-state index in [0.29, 0.717) is 17.7 Å². The second-order valence-electron chi connectivity index (χ2n) is 5.50. The van der Waals surface area contributed by atoms with Crippen molar-refractivity contribution in [2.24, 2.45) is 0 Å². The van der Waals surface area contributed by atoms with Gasteiger partial charge in [-0.15, -0.1) is 0 Å². The van der Waals surface area contributed by atoms with Gasteiger partial charge < -0.3 is 14.6 Å². The highest BCUT2D eigenvalue weighted by Gasteiger charge is 2.31. The van der Waals surface area contributed by atoms with Gasteiger partial charge in [0.2, 0.25) is 0 Å². The van der Waals surface area contributed by atoms with Gasteiger partial charge in [-0.1, -0.05) is 11.6 Å². The smallest absolute Gasteiger partial charge is 0.342 e. The number of hydrogen-bond donors (Lipinski definition) is 2. The third kappa shape index (κ3) is 3.09. The number of ether oxygens (including phenoxy) is 2. The molecule has 0 spiro atoms. The van der Waals surface area contributed by atoms with E-state index >= 15 is 0 Å². The van der Waals surface area contributed by atoms with E-state index in [2.05, 4.69) is 25.6 Å². The Kier molecular flexibility index (Phi) is 5.40. The van der Waals surface area contributed by atoms with Gasteiger partial charge in [0.15, 0.2) is 0 Å². The Labute approximate surface area is 136 Å². The van der Waals surface area contributed by atoms with Crippen LogP contribution in [-0.4, -0.2) is 23.9 Å². The Morgan fingerprint density at radius 1 is 1.50 bits per heavy atom. The summed E-state index contributed by atoms with van der Waals surface area (Å²) in [4.78, 5) is 11.8. The number of carbonyl (C=O) groups is 1. The van der Waals surface area contributed by atoms with Crippen LogP contribution in [0.4, 0.5) is 0 Å². The monoisotopic (exact) mass is 322 g/mol. The summed E-state index contributed by atoms with van der Waals surface area (Å²) in [6.45, 7) is 4.14. The number of benzene rings is 1. The summed E-state index contributed by atoms with van der Waals surface area (Å²) in [5.41, 5.74) is 3.74. The number of hydrogen-bond acceptors (Lipinski definition) is 5. The second kappa shape index (κ2) is 7.09. The SMILES string of the molecule is COc1c(C)c2c(c(O)c1C/C=C(\C)CCCS)C(=O)OC2. The van der Waals surface area contributed by atoms with Gasteiger partial charge in [0.05, 0.1) is 7.11 Å². The minimum absolute atomic E-state index is 0.0156. The Morgan fingerprint density at radius 3 is 2.86 bits per heavy atom. The van der Waals surface area contributed by atoms with Crippen molar-refractivity contribution in [3.63, 3.8) is 0 Å². The number of aromatic hydroxyl groups is 1. The van der Waals surface area contributed by atoms with Crippen LogP contribution in [0.15, 0.2) is 11.6 Å². The summed E-state index contributed by atoms with van der Waals surface area (Å²) in [5, 5.41) is 10.5. The van der Waals surface area contributed by atoms with Crippen LogP contribution < -0.4 is 4.74 Å². The van der Waals surface area contributed by atoms with Crippen molar-refractivity contribution >= 4 is 18.6 Å². The van der Waals surface area contributed by atoms with Crippen LogP contribution in [0.3, 0.4) is 0 Å². The molecule has 0 atom stereocenters. The predicted octanol–water partition coefficient (Wildman–Crippen LogP) is 3.58. The Balaban J connectivity index is 2.41. The molecule has 1 aliphatic rings. The molecule has 4 nitrogen and oxygen atoms in total. The average molecular weight is 322 g/mol. The van der Waals surface area contributed by atoms with Crippen molar-refractivity contribution in [1.82, 2.24) is 0 Å². The first kappa shape index (κ1) is 16.7. The molecule has 5 heteroatoms. The van der Waals surface area contributed by atoms with Crippen LogP contribution in [0.1, 0.15) is 46.8 Å². The molecule has 1 heterocycles. The summed E-state index contributed by atoms with van der Waals surface area (Å²) in [6, 6.07) is 0. The molecule has 0 unspecified atom stereocenters. The maximum atomic E-state index is 11.8. The van der Waals surface area contributed by atoms with Crippen LogP contribution in [0.2, 0.25) is 0 Å². The van der Waals surface area contributed by atoms with E-state index in [9.17, 15) is 9.90 Å². The molecule has 1 aromatic rings. The first-order chi connectivity index (χ1) is 10.5. The van der Waals surface area contributed by atoms with Crippen LogP contribution in [-0.2, 0) is 17.8 Å². The molecule has 1 aliphatic heterocycles. The summed E-state index contributed by atoms with van der Waals surface area (Å²) < 4.78 is 10.5. The molecule has 22 heavy (non-hydrogen) atoms. The molecule has 2 rings (SSSR count). The minimum atomic E-state index is -0.463. The predicted molar refractivity (Wildman–Crippen MR) is 89.1 cm³/mol. The van der Waals surface area contributed by atoms with Crippen LogP contribution in [0.25, 0.3) is 0 Å². The lowest BCUT2D eigenvalue weighted by atomic mass is 9.94. The third-order valence-corrected chi connectivity index (χ3v) is 4.35. The molecule has 0 fully saturated rings. The maximum Gasteiger partial charge on any atom is 0.342 e. The van der Waals surface area contributed by atoms with Crippen LogP contribution in [0.5, 0.6) is 11.5 Å². The molecule has 120 valence electrons. The number of allylic oxidation sites excluding steroid dienone is 2. The number of fused-ring (bicyclic) bond motifs is 1. The lowest BCUT2D eigenvalue weighted by molar-refractivity contribution is 0.0533. The zero-order valence-corrected chi connectivity index (χ0v) is 14.1. The molecule has 0 saturated carbocycles. The molecule has 0 radical (unpaired) electrons. The zero-order chi connectivity index (χ0) is 16.3. The van der Waals surface area contributed by atoms with Gasteiger partial charge in [0.25, 0.3) is 0 Å². The fraction of sp³-hybridized carbons (Fsp3) is 0.471. The molecule has 1 aromatic carbocycles. The van der Waals surface area contributed by atoms with Gasteiger partial charge in [0.1, 0.15) is 23.7 Å². The van der Waals surface area contributed by atoms with E-state index in [4.69, 9.17) is 9.47 Å².